The van der Waals surface area contributed by atoms with Crippen molar-refractivity contribution >= 4 is 23.4 Å². The molecule has 1 amide bonds. The van der Waals surface area contributed by atoms with Crippen LogP contribution in [0.15, 0.2) is 53.7 Å². The van der Waals surface area contributed by atoms with Crippen LogP contribution in [0.2, 0.25) is 0 Å². The molecule has 0 saturated carbocycles. The number of aromatic nitrogens is 3. The van der Waals surface area contributed by atoms with E-state index in [1.807, 2.05) is 35.9 Å². The summed E-state index contributed by atoms with van der Waals surface area (Å²) >= 11 is 1.46. The predicted molar refractivity (Wildman–Crippen MR) is 121 cm³/mol. The van der Waals surface area contributed by atoms with Crippen LogP contribution in [0, 0.1) is 6.92 Å². The van der Waals surface area contributed by atoms with Crippen molar-refractivity contribution in [3.05, 3.63) is 71.0 Å². The molecule has 2 aromatic carbocycles. The lowest BCUT2D eigenvalue weighted by Gasteiger charge is -2.33. The summed E-state index contributed by atoms with van der Waals surface area (Å²) in [5, 5.41) is 12.1. The van der Waals surface area contributed by atoms with Gasteiger partial charge in [-0.2, -0.15) is 0 Å². The second kappa shape index (κ2) is 8.92. The molecule has 1 aliphatic heterocycles. The summed E-state index contributed by atoms with van der Waals surface area (Å²) in [5.74, 6) is 0.849. The molecule has 156 valence electrons. The second-order valence-corrected chi connectivity index (χ2v) is 8.69. The van der Waals surface area contributed by atoms with Gasteiger partial charge < -0.3 is 10.7 Å². The third-order valence-corrected chi connectivity index (χ3v) is 6.48. The number of benzene rings is 2. The van der Waals surface area contributed by atoms with E-state index in [1.165, 1.54) is 17.3 Å². The Balaban J connectivity index is 1.66. The van der Waals surface area contributed by atoms with E-state index >= 15 is 0 Å². The second-order valence-electron chi connectivity index (χ2n) is 7.58. The largest absolute Gasteiger partial charge is 0.325 e. The van der Waals surface area contributed by atoms with E-state index in [0.29, 0.717) is 0 Å². The number of carbonyl (C=O) groups is 1. The quantitative estimate of drug-likeness (QED) is 0.613. The van der Waals surface area contributed by atoms with Gasteiger partial charge in [-0.3, -0.25) is 4.79 Å². The van der Waals surface area contributed by atoms with Gasteiger partial charge >= 0.3 is 0 Å². The van der Waals surface area contributed by atoms with Crippen LogP contribution in [0.25, 0.3) is 0 Å². The van der Waals surface area contributed by atoms with Crippen molar-refractivity contribution in [3.8, 4) is 0 Å². The van der Waals surface area contributed by atoms with Crippen molar-refractivity contribution in [1.29, 1.82) is 0 Å². The van der Waals surface area contributed by atoms with Crippen LogP contribution in [-0.4, -0.2) is 26.0 Å². The van der Waals surface area contributed by atoms with E-state index in [9.17, 15) is 4.79 Å². The first-order valence-corrected chi connectivity index (χ1v) is 11.3. The fourth-order valence-corrected chi connectivity index (χ4v) is 4.73. The molecule has 0 radical (unpaired) electrons. The van der Waals surface area contributed by atoms with Gasteiger partial charge in [0.1, 0.15) is 5.25 Å². The zero-order chi connectivity index (χ0) is 21.1. The van der Waals surface area contributed by atoms with E-state index < -0.39 is 0 Å². The minimum atomic E-state index is -0.371. The van der Waals surface area contributed by atoms with Crippen molar-refractivity contribution in [2.45, 2.75) is 56.5 Å². The molecule has 2 N–H and O–H groups in total. The van der Waals surface area contributed by atoms with Crippen LogP contribution in [0.3, 0.4) is 0 Å². The monoisotopic (exact) mass is 421 g/mol. The van der Waals surface area contributed by atoms with Gasteiger partial charge in [0.25, 0.3) is 0 Å². The zero-order valence-corrected chi connectivity index (χ0v) is 18.4. The minimum absolute atomic E-state index is 0.0473. The smallest absolute Gasteiger partial charge is 0.240 e. The van der Waals surface area contributed by atoms with Gasteiger partial charge in [-0.05, 0) is 48.6 Å². The summed E-state index contributed by atoms with van der Waals surface area (Å²) in [4.78, 5) is 13.3. The fourth-order valence-electron chi connectivity index (χ4n) is 3.63. The van der Waals surface area contributed by atoms with Crippen molar-refractivity contribution in [2.24, 2.45) is 0 Å². The van der Waals surface area contributed by atoms with E-state index in [2.05, 4.69) is 59.1 Å². The van der Waals surface area contributed by atoms with E-state index in [4.69, 9.17) is 0 Å². The zero-order valence-electron chi connectivity index (χ0n) is 17.6. The van der Waals surface area contributed by atoms with Gasteiger partial charge in [-0.1, -0.05) is 62.0 Å². The molecule has 7 heteroatoms. The average Bonchev–Trinajstić information content (AvgIpc) is 3.15. The van der Waals surface area contributed by atoms with Gasteiger partial charge in [0.05, 0.1) is 6.04 Å². The molecular weight excluding hydrogens is 394 g/mol. The maximum Gasteiger partial charge on any atom is 0.240 e. The normalized spacial score (nSPS) is 17.8. The third-order valence-electron chi connectivity index (χ3n) is 5.27. The van der Waals surface area contributed by atoms with Crippen molar-refractivity contribution in [3.63, 3.8) is 0 Å². The number of nitrogens with one attached hydrogen (secondary N) is 2. The lowest BCUT2D eigenvalue weighted by Crippen LogP contribution is -2.41. The van der Waals surface area contributed by atoms with Crippen LogP contribution in [0.5, 0.6) is 0 Å². The third kappa shape index (κ3) is 4.21. The standard InChI is InChI=1S/C23H27N5OS/c1-4-7-19-25-26-23-28(19)27-20(17-12-10-16(5-2)11-13-17)21(30-23)22(29)24-18-9-6-8-15(3)14-18/h6,8-14,20-21,27H,4-5,7H2,1-3H3,(H,24,29)/t20-,21-/m0/s1. The number of aryl methyl sites for hydroxylation is 3. The summed E-state index contributed by atoms with van der Waals surface area (Å²) in [7, 11) is 0. The van der Waals surface area contributed by atoms with Gasteiger partial charge in [0.2, 0.25) is 11.1 Å². The fraction of sp³-hybridized carbons (Fsp3) is 0.348. The van der Waals surface area contributed by atoms with Crippen LogP contribution >= 0.6 is 11.8 Å². The number of rotatable bonds is 6. The van der Waals surface area contributed by atoms with Crippen LogP contribution < -0.4 is 10.7 Å². The summed E-state index contributed by atoms with van der Waals surface area (Å²) in [6, 6.07) is 16.2. The van der Waals surface area contributed by atoms with Crippen molar-refractivity contribution in [1.82, 2.24) is 14.9 Å². The Kier molecular flexibility index (Phi) is 6.08. The number of hydrogen-bond acceptors (Lipinski definition) is 5. The Labute approximate surface area is 181 Å². The van der Waals surface area contributed by atoms with E-state index in [1.54, 1.807) is 0 Å². The number of nitrogens with zero attached hydrogens (tertiary/aromatic N) is 3. The molecule has 2 heterocycles. The molecule has 0 fully saturated rings. The summed E-state index contributed by atoms with van der Waals surface area (Å²) in [5.41, 5.74) is 7.79. The summed E-state index contributed by atoms with van der Waals surface area (Å²) in [6.45, 7) is 6.28. The highest BCUT2D eigenvalue weighted by atomic mass is 32.2. The highest BCUT2D eigenvalue weighted by Gasteiger charge is 2.37. The summed E-state index contributed by atoms with van der Waals surface area (Å²) < 4.78 is 1.95. The number of anilines is 1. The Morgan fingerprint density at radius 3 is 2.67 bits per heavy atom. The molecule has 3 aromatic rings. The summed E-state index contributed by atoms with van der Waals surface area (Å²) in [6.07, 6.45) is 2.81. The van der Waals surface area contributed by atoms with Crippen molar-refractivity contribution < 1.29 is 4.79 Å². The molecule has 2 atom stereocenters. The van der Waals surface area contributed by atoms with Crippen LogP contribution in [-0.2, 0) is 17.6 Å². The molecule has 0 bridgehead atoms. The molecular formula is C23H27N5OS. The number of thioether (sulfide) groups is 1. The Bertz CT molecular complexity index is 1030. The highest BCUT2D eigenvalue weighted by molar-refractivity contribution is 8.00. The molecule has 0 saturated heterocycles. The minimum Gasteiger partial charge on any atom is -0.325 e. The number of amides is 1. The molecule has 1 aromatic heterocycles. The van der Waals surface area contributed by atoms with Gasteiger partial charge in [0.15, 0.2) is 5.82 Å². The number of hydrogen-bond donors (Lipinski definition) is 2. The molecule has 0 spiro atoms. The molecule has 30 heavy (non-hydrogen) atoms. The van der Waals surface area contributed by atoms with Gasteiger partial charge in [-0.15, -0.1) is 10.2 Å². The Morgan fingerprint density at radius 1 is 1.17 bits per heavy atom. The van der Waals surface area contributed by atoms with Crippen LogP contribution in [0.1, 0.15) is 48.8 Å². The lowest BCUT2D eigenvalue weighted by atomic mass is 10.0. The number of carbonyl (C=O) groups excluding carboxylic acids is 1. The maximum absolute atomic E-state index is 13.3. The average molecular weight is 422 g/mol. The molecule has 1 aliphatic rings. The SMILES string of the molecule is CCCc1nnc2n1N[C@@H](c1ccc(CC)cc1)[C@@H](C(=O)Nc1cccc(C)c1)S2. The molecule has 0 unspecified atom stereocenters. The predicted octanol–water partition coefficient (Wildman–Crippen LogP) is 4.50. The first-order valence-electron chi connectivity index (χ1n) is 10.4. The molecule has 0 aliphatic carbocycles. The van der Waals surface area contributed by atoms with Crippen molar-refractivity contribution in [2.75, 3.05) is 10.7 Å². The molecule has 6 nitrogen and oxygen atoms in total. The van der Waals surface area contributed by atoms with Gasteiger partial charge in [-0.25, -0.2) is 4.68 Å². The highest BCUT2D eigenvalue weighted by Crippen LogP contribution is 2.37. The molecule has 4 rings (SSSR count). The first kappa shape index (κ1) is 20.5. The Hall–Kier alpha value is -2.80. The number of fused-ring (bicyclic) bond motifs is 1. The van der Waals surface area contributed by atoms with E-state index in [0.717, 1.165) is 47.1 Å². The van der Waals surface area contributed by atoms with Gasteiger partial charge in [0, 0.05) is 12.1 Å². The maximum atomic E-state index is 13.3. The first-order chi connectivity index (χ1) is 14.6. The van der Waals surface area contributed by atoms with Crippen LogP contribution in [0.4, 0.5) is 5.69 Å². The topological polar surface area (TPSA) is 71.8 Å². The van der Waals surface area contributed by atoms with E-state index in [-0.39, 0.29) is 17.2 Å². The lowest BCUT2D eigenvalue weighted by molar-refractivity contribution is -0.116. The Morgan fingerprint density at radius 2 is 1.97 bits per heavy atom.